The molecule has 0 fully saturated rings. The van der Waals surface area contributed by atoms with Gasteiger partial charge in [-0.05, 0) is 51.7 Å². The first-order chi connectivity index (χ1) is 13.0. The topological polar surface area (TPSA) is 112 Å². The predicted octanol–water partition coefficient (Wildman–Crippen LogP) is 4.01. The molecular formula is C18H30O8S2. The van der Waals surface area contributed by atoms with Crippen molar-refractivity contribution >= 4 is 22.2 Å². The first-order valence-corrected chi connectivity index (χ1v) is 11.0. The van der Waals surface area contributed by atoms with E-state index in [1.165, 1.54) is 13.8 Å². The van der Waals surface area contributed by atoms with Gasteiger partial charge in [0.25, 0.3) is 10.1 Å². The van der Waals surface area contributed by atoms with Gasteiger partial charge in [0.1, 0.15) is 0 Å². The Bertz CT molecular complexity index is 671. The van der Waals surface area contributed by atoms with Crippen LogP contribution in [-0.4, -0.2) is 40.9 Å². The number of hydrogen-bond donors (Lipinski definition) is 2. The second-order valence-electron chi connectivity index (χ2n) is 7.64. The molecule has 0 aliphatic heterocycles. The Kier molecular flexibility index (Phi) is 10.4. The third kappa shape index (κ3) is 9.66. The Morgan fingerprint density at radius 2 is 1.39 bits per heavy atom. The van der Waals surface area contributed by atoms with Gasteiger partial charge in [-0.15, -0.1) is 4.33 Å². The molecule has 0 atom stereocenters. The van der Waals surface area contributed by atoms with Crippen LogP contribution in [0.3, 0.4) is 0 Å². The molecule has 0 saturated carbocycles. The minimum atomic E-state index is -4.10. The van der Waals surface area contributed by atoms with Crippen LogP contribution in [0.25, 0.3) is 0 Å². The zero-order valence-corrected chi connectivity index (χ0v) is 18.3. The lowest BCUT2D eigenvalue weighted by Gasteiger charge is -2.20. The van der Waals surface area contributed by atoms with Gasteiger partial charge in [-0.1, -0.05) is 29.3 Å². The SMILES string of the molecule is CC(C)(CCOCc1ccc(COCCC(C)(C)S(=O)(=O)O)cc1)SOOO. The minimum absolute atomic E-state index is 0.210. The molecule has 0 spiro atoms. The molecule has 10 heteroatoms. The molecule has 0 aromatic heterocycles. The molecule has 0 aliphatic carbocycles. The summed E-state index contributed by atoms with van der Waals surface area (Å²) in [6.45, 7) is 8.43. The third-order valence-electron chi connectivity index (χ3n) is 4.25. The van der Waals surface area contributed by atoms with Gasteiger partial charge in [-0.25, -0.2) is 5.26 Å². The monoisotopic (exact) mass is 438 g/mol. The molecule has 1 aromatic rings. The maximum atomic E-state index is 11.2. The summed E-state index contributed by atoms with van der Waals surface area (Å²) >= 11 is 1.03. The van der Waals surface area contributed by atoms with Crippen LogP contribution in [0.5, 0.6) is 0 Å². The van der Waals surface area contributed by atoms with Gasteiger partial charge in [-0.2, -0.15) is 8.42 Å². The summed E-state index contributed by atoms with van der Waals surface area (Å²) in [6.07, 6.45) is 0.925. The highest BCUT2D eigenvalue weighted by Gasteiger charge is 2.32. The van der Waals surface area contributed by atoms with Crippen LogP contribution in [0, 0.1) is 0 Å². The van der Waals surface area contributed by atoms with Crippen LogP contribution < -0.4 is 0 Å². The van der Waals surface area contributed by atoms with Crippen molar-refractivity contribution in [2.75, 3.05) is 13.2 Å². The van der Waals surface area contributed by atoms with Gasteiger partial charge < -0.3 is 9.47 Å². The molecule has 1 rings (SSSR count). The Morgan fingerprint density at radius 1 is 0.929 bits per heavy atom. The van der Waals surface area contributed by atoms with E-state index in [0.717, 1.165) is 23.2 Å². The summed E-state index contributed by atoms with van der Waals surface area (Å²) < 4.78 is 45.8. The molecular weight excluding hydrogens is 408 g/mol. The van der Waals surface area contributed by atoms with Gasteiger partial charge in [0, 0.05) is 30.0 Å². The minimum Gasteiger partial charge on any atom is -0.377 e. The fourth-order valence-corrected chi connectivity index (χ4v) is 2.75. The van der Waals surface area contributed by atoms with E-state index in [0.29, 0.717) is 26.2 Å². The normalized spacial score (nSPS) is 13.1. The van der Waals surface area contributed by atoms with E-state index in [9.17, 15) is 8.42 Å². The van der Waals surface area contributed by atoms with E-state index < -0.39 is 14.9 Å². The van der Waals surface area contributed by atoms with Crippen molar-refractivity contribution in [1.29, 1.82) is 0 Å². The van der Waals surface area contributed by atoms with Crippen molar-refractivity contribution in [3.8, 4) is 0 Å². The first-order valence-electron chi connectivity index (χ1n) is 8.83. The molecule has 0 bridgehead atoms. The lowest BCUT2D eigenvalue weighted by Crippen LogP contribution is -2.32. The Morgan fingerprint density at radius 3 is 1.82 bits per heavy atom. The number of hydrogen-bond acceptors (Lipinski definition) is 8. The smallest absolute Gasteiger partial charge is 0.270 e. The highest BCUT2D eigenvalue weighted by molar-refractivity contribution is 7.95. The van der Waals surface area contributed by atoms with E-state index >= 15 is 0 Å². The lowest BCUT2D eigenvalue weighted by molar-refractivity contribution is -0.432. The molecule has 0 radical (unpaired) electrons. The third-order valence-corrected chi connectivity index (χ3v) is 6.63. The number of benzene rings is 1. The van der Waals surface area contributed by atoms with Gasteiger partial charge >= 0.3 is 0 Å². The van der Waals surface area contributed by atoms with Gasteiger partial charge in [0.2, 0.25) is 0 Å². The largest absolute Gasteiger partial charge is 0.377 e. The fraction of sp³-hybridized carbons (Fsp3) is 0.667. The highest BCUT2D eigenvalue weighted by atomic mass is 32.2. The van der Waals surface area contributed by atoms with Crippen LogP contribution in [-0.2, 0) is 42.2 Å². The summed E-state index contributed by atoms with van der Waals surface area (Å²) in [4.78, 5) is 0. The van der Waals surface area contributed by atoms with E-state index in [2.05, 4.69) is 9.37 Å². The fourth-order valence-electron chi connectivity index (χ4n) is 2.03. The summed E-state index contributed by atoms with van der Waals surface area (Å²) in [7, 11) is -4.10. The average molecular weight is 439 g/mol. The highest BCUT2D eigenvalue weighted by Crippen LogP contribution is 2.28. The molecule has 0 heterocycles. The van der Waals surface area contributed by atoms with Crippen molar-refractivity contribution in [2.45, 2.75) is 63.2 Å². The molecule has 1 aromatic carbocycles. The van der Waals surface area contributed by atoms with Crippen LogP contribution in [0.15, 0.2) is 24.3 Å². The quantitative estimate of drug-likeness (QED) is 0.146. The van der Waals surface area contributed by atoms with Crippen LogP contribution in [0.4, 0.5) is 0 Å². The van der Waals surface area contributed by atoms with Crippen LogP contribution in [0.1, 0.15) is 51.7 Å². The zero-order chi connectivity index (χ0) is 21.3. The molecule has 28 heavy (non-hydrogen) atoms. The molecule has 0 amide bonds. The number of ether oxygens (including phenoxy) is 2. The molecule has 0 unspecified atom stereocenters. The van der Waals surface area contributed by atoms with Crippen molar-refractivity contribution in [3.63, 3.8) is 0 Å². The summed E-state index contributed by atoms with van der Waals surface area (Å²) in [5.74, 6) is 0. The van der Waals surface area contributed by atoms with Crippen LogP contribution in [0.2, 0.25) is 0 Å². The van der Waals surface area contributed by atoms with E-state index in [1.54, 1.807) is 0 Å². The summed E-state index contributed by atoms with van der Waals surface area (Å²) in [5.41, 5.74) is 1.99. The van der Waals surface area contributed by atoms with Gasteiger partial charge in [0.15, 0.2) is 0 Å². The van der Waals surface area contributed by atoms with E-state index in [4.69, 9.17) is 19.3 Å². The van der Waals surface area contributed by atoms with E-state index in [-0.39, 0.29) is 17.8 Å². The first kappa shape index (κ1) is 25.3. The van der Waals surface area contributed by atoms with Crippen molar-refractivity contribution < 1.29 is 37.1 Å². The van der Waals surface area contributed by atoms with Gasteiger partial charge in [0.05, 0.1) is 18.0 Å². The molecule has 8 nitrogen and oxygen atoms in total. The van der Waals surface area contributed by atoms with Gasteiger partial charge in [-0.3, -0.25) is 4.55 Å². The Hall–Kier alpha value is -0.720. The lowest BCUT2D eigenvalue weighted by atomic mass is 10.1. The zero-order valence-electron chi connectivity index (χ0n) is 16.7. The average Bonchev–Trinajstić information content (AvgIpc) is 2.61. The second kappa shape index (κ2) is 11.5. The second-order valence-corrected chi connectivity index (χ2v) is 11.1. The van der Waals surface area contributed by atoms with Crippen molar-refractivity contribution in [1.82, 2.24) is 0 Å². The van der Waals surface area contributed by atoms with E-state index in [1.807, 2.05) is 38.1 Å². The maximum Gasteiger partial charge on any atom is 0.270 e. The molecule has 162 valence electrons. The molecule has 0 saturated heterocycles. The number of rotatable bonds is 14. The molecule has 2 N–H and O–H groups in total. The predicted molar refractivity (Wildman–Crippen MR) is 107 cm³/mol. The Labute approximate surface area is 171 Å². The Balaban J connectivity index is 2.29. The van der Waals surface area contributed by atoms with Crippen LogP contribution >= 0.6 is 12.0 Å². The van der Waals surface area contributed by atoms with Crippen molar-refractivity contribution in [2.24, 2.45) is 0 Å². The summed E-state index contributed by atoms with van der Waals surface area (Å²) in [5, 5.41) is 11.8. The standard InChI is InChI=1S/C18H30O8S2/c1-17(2,27-26-25-19)9-11-23-13-15-5-7-16(8-6-15)14-24-12-10-18(3,4)28(20,21)22/h5-8,19H,9-14H2,1-4H3,(H,20,21,22). The maximum absolute atomic E-state index is 11.2. The molecule has 0 aliphatic rings. The van der Waals surface area contributed by atoms with Crippen molar-refractivity contribution in [3.05, 3.63) is 35.4 Å². The summed E-state index contributed by atoms with van der Waals surface area (Å²) in [6, 6.07) is 7.75.